The number of aromatic nitrogens is 2. The van der Waals surface area contributed by atoms with E-state index in [1.54, 1.807) is 0 Å². The van der Waals surface area contributed by atoms with Crippen LogP contribution in [-0.2, 0) is 0 Å². The highest BCUT2D eigenvalue weighted by molar-refractivity contribution is 5.67. The standard InChI is InChI=1S/C13H12N4/c1-2-6-11(7-3-1)16-13-15-9-10-5-4-8-14-12(10)17-13/h1-7,9H,8H2,(H2,14,15,16,17). The van der Waals surface area contributed by atoms with Crippen LogP contribution < -0.4 is 10.6 Å². The Morgan fingerprint density at radius 1 is 1.18 bits per heavy atom. The van der Waals surface area contributed by atoms with Crippen molar-refractivity contribution in [2.24, 2.45) is 0 Å². The molecule has 0 aliphatic carbocycles. The first-order valence-corrected chi connectivity index (χ1v) is 5.51. The minimum atomic E-state index is 0.609. The third kappa shape index (κ3) is 2.10. The molecular weight excluding hydrogens is 212 g/mol. The largest absolute Gasteiger partial charge is 0.366 e. The van der Waals surface area contributed by atoms with Crippen LogP contribution in [0.3, 0.4) is 0 Å². The minimum absolute atomic E-state index is 0.609. The van der Waals surface area contributed by atoms with Gasteiger partial charge in [0.25, 0.3) is 0 Å². The Labute approximate surface area is 99.4 Å². The van der Waals surface area contributed by atoms with Gasteiger partial charge in [0, 0.05) is 24.0 Å². The van der Waals surface area contributed by atoms with E-state index >= 15 is 0 Å². The topological polar surface area (TPSA) is 49.8 Å². The summed E-state index contributed by atoms with van der Waals surface area (Å²) in [5, 5.41) is 6.38. The summed E-state index contributed by atoms with van der Waals surface area (Å²) in [6, 6.07) is 9.89. The average Bonchev–Trinajstić information content (AvgIpc) is 2.40. The molecule has 0 radical (unpaired) electrons. The predicted octanol–water partition coefficient (Wildman–Crippen LogP) is 2.66. The van der Waals surface area contributed by atoms with Crippen molar-refractivity contribution >= 4 is 23.5 Å². The SMILES string of the molecule is C1=Cc2cnc(Nc3ccccc3)nc2NC1. The molecule has 0 amide bonds. The van der Waals surface area contributed by atoms with Gasteiger partial charge in [0.2, 0.25) is 5.95 Å². The summed E-state index contributed by atoms with van der Waals surface area (Å²) in [6.07, 6.45) is 5.89. The number of hydrogen-bond donors (Lipinski definition) is 2. The van der Waals surface area contributed by atoms with E-state index in [0.29, 0.717) is 5.95 Å². The molecule has 0 atom stereocenters. The Morgan fingerprint density at radius 2 is 2.06 bits per heavy atom. The van der Waals surface area contributed by atoms with Gasteiger partial charge < -0.3 is 10.6 Å². The second kappa shape index (κ2) is 4.25. The molecule has 2 heterocycles. The maximum atomic E-state index is 4.42. The lowest BCUT2D eigenvalue weighted by atomic mass is 10.2. The highest BCUT2D eigenvalue weighted by atomic mass is 15.1. The Bertz CT molecular complexity index is 549. The Balaban J connectivity index is 1.87. The van der Waals surface area contributed by atoms with Crippen LogP contribution in [0.5, 0.6) is 0 Å². The Kier molecular flexibility index (Phi) is 2.46. The van der Waals surface area contributed by atoms with Gasteiger partial charge in [-0.3, -0.25) is 0 Å². The third-order valence-corrected chi connectivity index (χ3v) is 2.53. The summed E-state index contributed by atoms with van der Waals surface area (Å²) in [7, 11) is 0. The highest BCUT2D eigenvalue weighted by Gasteiger charge is 2.07. The van der Waals surface area contributed by atoms with Crippen LogP contribution in [0.4, 0.5) is 17.5 Å². The molecule has 0 spiro atoms. The molecule has 0 saturated carbocycles. The first kappa shape index (κ1) is 9.84. The average molecular weight is 224 g/mol. The van der Waals surface area contributed by atoms with Crippen LogP contribution in [0.1, 0.15) is 5.56 Å². The van der Waals surface area contributed by atoms with Crippen LogP contribution in [0.2, 0.25) is 0 Å². The first-order chi connectivity index (χ1) is 8.42. The molecule has 0 saturated heterocycles. The summed E-state index contributed by atoms with van der Waals surface area (Å²) in [6.45, 7) is 0.814. The van der Waals surface area contributed by atoms with E-state index in [1.807, 2.05) is 42.6 Å². The number of rotatable bonds is 2. The predicted molar refractivity (Wildman–Crippen MR) is 69.3 cm³/mol. The second-order valence-electron chi connectivity index (χ2n) is 3.77. The van der Waals surface area contributed by atoms with E-state index in [-0.39, 0.29) is 0 Å². The molecule has 1 aliphatic rings. The molecule has 2 aromatic rings. The zero-order valence-electron chi connectivity index (χ0n) is 9.22. The van der Waals surface area contributed by atoms with Gasteiger partial charge in [0.1, 0.15) is 5.82 Å². The first-order valence-electron chi connectivity index (χ1n) is 5.51. The van der Waals surface area contributed by atoms with E-state index in [4.69, 9.17) is 0 Å². The minimum Gasteiger partial charge on any atom is -0.366 e. The highest BCUT2D eigenvalue weighted by Crippen LogP contribution is 2.20. The molecule has 4 nitrogen and oxygen atoms in total. The zero-order chi connectivity index (χ0) is 11.5. The summed E-state index contributed by atoms with van der Waals surface area (Å²) in [5.41, 5.74) is 2.01. The number of nitrogens with one attached hydrogen (secondary N) is 2. The van der Waals surface area contributed by atoms with Crippen LogP contribution in [0, 0.1) is 0 Å². The van der Waals surface area contributed by atoms with E-state index in [9.17, 15) is 0 Å². The van der Waals surface area contributed by atoms with Gasteiger partial charge in [0.05, 0.1) is 0 Å². The maximum Gasteiger partial charge on any atom is 0.229 e. The Morgan fingerprint density at radius 3 is 2.94 bits per heavy atom. The van der Waals surface area contributed by atoms with Crippen molar-refractivity contribution in [3.8, 4) is 0 Å². The van der Waals surface area contributed by atoms with Gasteiger partial charge in [-0.15, -0.1) is 0 Å². The molecular formula is C13H12N4. The molecule has 3 rings (SSSR count). The van der Waals surface area contributed by atoms with Crippen LogP contribution in [0.25, 0.3) is 6.08 Å². The molecule has 1 aromatic carbocycles. The molecule has 0 fully saturated rings. The fourth-order valence-corrected chi connectivity index (χ4v) is 1.71. The lowest BCUT2D eigenvalue weighted by Crippen LogP contribution is -2.08. The van der Waals surface area contributed by atoms with Gasteiger partial charge in [0.15, 0.2) is 0 Å². The van der Waals surface area contributed by atoms with Crippen molar-refractivity contribution in [1.82, 2.24) is 9.97 Å². The number of anilines is 3. The molecule has 17 heavy (non-hydrogen) atoms. The number of para-hydroxylation sites is 1. The second-order valence-corrected chi connectivity index (χ2v) is 3.77. The Hall–Kier alpha value is -2.36. The maximum absolute atomic E-state index is 4.42. The van der Waals surface area contributed by atoms with E-state index in [1.165, 1.54) is 0 Å². The lowest BCUT2D eigenvalue weighted by molar-refractivity contribution is 1.12. The van der Waals surface area contributed by atoms with Crippen molar-refractivity contribution in [2.45, 2.75) is 0 Å². The molecule has 1 aromatic heterocycles. The fraction of sp³-hybridized carbons (Fsp3) is 0.0769. The summed E-state index contributed by atoms with van der Waals surface area (Å²) in [4.78, 5) is 8.70. The van der Waals surface area contributed by atoms with Crippen molar-refractivity contribution in [3.05, 3.63) is 48.2 Å². The molecule has 84 valence electrons. The molecule has 0 bridgehead atoms. The summed E-state index contributed by atoms with van der Waals surface area (Å²) >= 11 is 0. The molecule has 4 heteroatoms. The monoisotopic (exact) mass is 224 g/mol. The van der Waals surface area contributed by atoms with Gasteiger partial charge >= 0.3 is 0 Å². The van der Waals surface area contributed by atoms with Crippen LogP contribution in [0.15, 0.2) is 42.6 Å². The lowest BCUT2D eigenvalue weighted by Gasteiger charge is -2.12. The van der Waals surface area contributed by atoms with Crippen LogP contribution in [-0.4, -0.2) is 16.5 Å². The van der Waals surface area contributed by atoms with Gasteiger partial charge in [-0.25, -0.2) is 4.98 Å². The van der Waals surface area contributed by atoms with Crippen molar-refractivity contribution in [2.75, 3.05) is 17.2 Å². The fourth-order valence-electron chi connectivity index (χ4n) is 1.71. The zero-order valence-corrected chi connectivity index (χ0v) is 9.22. The molecule has 0 unspecified atom stereocenters. The van der Waals surface area contributed by atoms with Gasteiger partial charge in [-0.1, -0.05) is 30.4 Å². The van der Waals surface area contributed by atoms with Crippen molar-refractivity contribution in [1.29, 1.82) is 0 Å². The van der Waals surface area contributed by atoms with E-state index in [2.05, 4.69) is 26.7 Å². The van der Waals surface area contributed by atoms with Crippen molar-refractivity contribution < 1.29 is 0 Å². The van der Waals surface area contributed by atoms with E-state index in [0.717, 1.165) is 23.6 Å². The van der Waals surface area contributed by atoms with Gasteiger partial charge in [-0.2, -0.15) is 4.98 Å². The smallest absolute Gasteiger partial charge is 0.229 e. The van der Waals surface area contributed by atoms with Crippen LogP contribution >= 0.6 is 0 Å². The number of hydrogen-bond acceptors (Lipinski definition) is 4. The normalized spacial score (nSPS) is 12.7. The number of nitrogens with zero attached hydrogens (tertiary/aromatic N) is 2. The number of benzene rings is 1. The molecule has 2 N–H and O–H groups in total. The summed E-state index contributed by atoms with van der Waals surface area (Å²) < 4.78 is 0. The molecule has 1 aliphatic heterocycles. The van der Waals surface area contributed by atoms with Crippen molar-refractivity contribution in [3.63, 3.8) is 0 Å². The summed E-state index contributed by atoms with van der Waals surface area (Å²) in [5.74, 6) is 1.48. The quantitative estimate of drug-likeness (QED) is 0.823. The third-order valence-electron chi connectivity index (χ3n) is 2.53. The number of fused-ring (bicyclic) bond motifs is 1. The van der Waals surface area contributed by atoms with Gasteiger partial charge in [-0.05, 0) is 12.1 Å². The van der Waals surface area contributed by atoms with E-state index < -0.39 is 0 Å².